The molecule has 26 heavy (non-hydrogen) atoms. The highest BCUT2D eigenvalue weighted by Crippen LogP contribution is 2.45. The Morgan fingerprint density at radius 1 is 1.12 bits per heavy atom. The normalized spacial score (nSPS) is 35.6. The second-order valence-corrected chi connectivity index (χ2v) is 8.54. The Balaban J connectivity index is 0.00000196. The molecule has 1 N–H and O–H groups in total. The van der Waals surface area contributed by atoms with Crippen LogP contribution < -0.4 is 5.32 Å². The van der Waals surface area contributed by atoms with Gasteiger partial charge in [-0.3, -0.25) is 4.79 Å². The molecule has 1 saturated carbocycles. The van der Waals surface area contributed by atoms with E-state index in [0.29, 0.717) is 24.0 Å². The maximum Gasteiger partial charge on any atom is 0.230 e. The van der Waals surface area contributed by atoms with Gasteiger partial charge < -0.3 is 19.7 Å². The molecule has 1 unspecified atom stereocenters. The minimum Gasteiger partial charge on any atom is -0.376 e. The molecule has 0 radical (unpaired) electrons. The highest BCUT2D eigenvalue weighted by atomic mass is 35.5. The van der Waals surface area contributed by atoms with Crippen molar-refractivity contribution in [3.8, 4) is 0 Å². The molecule has 0 aromatic heterocycles. The fourth-order valence-corrected chi connectivity index (χ4v) is 5.39. The molecule has 6 heteroatoms. The topological polar surface area (TPSA) is 50.8 Å². The van der Waals surface area contributed by atoms with E-state index in [2.05, 4.69) is 10.2 Å². The summed E-state index contributed by atoms with van der Waals surface area (Å²) in [4.78, 5) is 15.4. The van der Waals surface area contributed by atoms with Gasteiger partial charge in [-0.05, 0) is 57.4 Å². The molecule has 5 nitrogen and oxygen atoms in total. The van der Waals surface area contributed by atoms with Gasteiger partial charge >= 0.3 is 0 Å². The van der Waals surface area contributed by atoms with Crippen LogP contribution in [0.25, 0.3) is 0 Å². The molecular weight excluding hydrogens is 352 g/mol. The van der Waals surface area contributed by atoms with Gasteiger partial charge in [0, 0.05) is 26.2 Å². The van der Waals surface area contributed by atoms with Crippen LogP contribution in [0.4, 0.5) is 0 Å². The second kappa shape index (κ2) is 9.22. The minimum absolute atomic E-state index is 0. The lowest BCUT2D eigenvalue weighted by atomic mass is 9.67. The van der Waals surface area contributed by atoms with Gasteiger partial charge in [-0.15, -0.1) is 12.4 Å². The number of halogens is 1. The third-order valence-electron chi connectivity index (χ3n) is 6.99. The van der Waals surface area contributed by atoms with Crippen molar-refractivity contribution in [3.05, 3.63) is 0 Å². The number of fused-ring (bicyclic) bond motifs is 1. The number of hydrogen-bond acceptors (Lipinski definition) is 4. The zero-order chi connectivity index (χ0) is 17.1. The van der Waals surface area contributed by atoms with Crippen LogP contribution in [-0.2, 0) is 14.3 Å². The maximum atomic E-state index is 13.3. The highest BCUT2D eigenvalue weighted by molar-refractivity contribution is 5.85. The fraction of sp³-hybridized carbons (Fsp3) is 0.950. The molecule has 4 rings (SSSR count). The largest absolute Gasteiger partial charge is 0.376 e. The monoisotopic (exact) mass is 386 g/mol. The third kappa shape index (κ3) is 4.21. The van der Waals surface area contributed by atoms with E-state index in [4.69, 9.17) is 9.47 Å². The summed E-state index contributed by atoms with van der Waals surface area (Å²) in [5, 5.41) is 3.50. The second-order valence-electron chi connectivity index (χ2n) is 8.54. The number of piperidine rings is 1. The van der Waals surface area contributed by atoms with Gasteiger partial charge in [0.2, 0.25) is 5.91 Å². The smallest absolute Gasteiger partial charge is 0.230 e. The number of amides is 1. The van der Waals surface area contributed by atoms with E-state index in [1.54, 1.807) is 0 Å². The van der Waals surface area contributed by atoms with Crippen LogP contribution in [0.5, 0.6) is 0 Å². The van der Waals surface area contributed by atoms with Gasteiger partial charge in [0.05, 0.1) is 24.2 Å². The molecule has 1 aliphatic carbocycles. The number of hydrogen-bond donors (Lipinski definition) is 1. The van der Waals surface area contributed by atoms with Gasteiger partial charge in [-0.25, -0.2) is 0 Å². The van der Waals surface area contributed by atoms with Crippen molar-refractivity contribution in [2.24, 2.45) is 11.3 Å². The van der Waals surface area contributed by atoms with Crippen molar-refractivity contribution in [3.63, 3.8) is 0 Å². The van der Waals surface area contributed by atoms with Crippen molar-refractivity contribution in [1.29, 1.82) is 0 Å². The zero-order valence-electron chi connectivity index (χ0n) is 15.9. The molecule has 3 heterocycles. The molecule has 4 fully saturated rings. The van der Waals surface area contributed by atoms with Gasteiger partial charge in [0.15, 0.2) is 0 Å². The number of rotatable bonds is 4. The van der Waals surface area contributed by atoms with E-state index in [1.165, 1.54) is 32.1 Å². The summed E-state index contributed by atoms with van der Waals surface area (Å²) in [6, 6.07) is 0. The number of likely N-dealkylation sites (tertiary alicyclic amines) is 1. The van der Waals surface area contributed by atoms with E-state index in [1.807, 2.05) is 0 Å². The Hall–Kier alpha value is -0.360. The first-order chi connectivity index (χ1) is 12.3. The Morgan fingerprint density at radius 3 is 2.69 bits per heavy atom. The molecule has 3 atom stereocenters. The predicted molar refractivity (Wildman–Crippen MR) is 104 cm³/mol. The predicted octanol–water partition coefficient (Wildman–Crippen LogP) is 2.76. The Bertz CT molecular complexity index is 464. The Kier molecular flexibility index (Phi) is 7.23. The standard InChI is InChI=1S/C20H34N2O3.ClH/c23-19(20-9-3-1-5-16(20)13-21-15-20)22-10-7-17(8-11-22)25-14-18-6-2-4-12-24-18;/h16-18,21H,1-15H2;1H/t16-,18?,20+;/m0./s1. The van der Waals surface area contributed by atoms with Gasteiger partial charge in [0.25, 0.3) is 0 Å². The van der Waals surface area contributed by atoms with Crippen LogP contribution in [0.3, 0.4) is 0 Å². The molecule has 1 amide bonds. The van der Waals surface area contributed by atoms with E-state index in [-0.39, 0.29) is 17.8 Å². The molecule has 150 valence electrons. The van der Waals surface area contributed by atoms with E-state index >= 15 is 0 Å². The lowest BCUT2D eigenvalue weighted by Crippen LogP contribution is -2.52. The lowest BCUT2D eigenvalue weighted by molar-refractivity contribution is -0.148. The third-order valence-corrected chi connectivity index (χ3v) is 6.99. The van der Waals surface area contributed by atoms with Crippen molar-refractivity contribution in [2.75, 3.05) is 39.4 Å². The van der Waals surface area contributed by atoms with Crippen molar-refractivity contribution in [1.82, 2.24) is 10.2 Å². The molecule has 0 aromatic rings. The number of nitrogens with one attached hydrogen (secondary N) is 1. The van der Waals surface area contributed by atoms with Gasteiger partial charge in [-0.1, -0.05) is 12.8 Å². The van der Waals surface area contributed by atoms with Crippen molar-refractivity contribution >= 4 is 18.3 Å². The number of carbonyl (C=O) groups is 1. The number of ether oxygens (including phenoxy) is 2. The molecule has 4 aliphatic rings. The molecule has 0 bridgehead atoms. The lowest BCUT2D eigenvalue weighted by Gasteiger charge is -2.43. The summed E-state index contributed by atoms with van der Waals surface area (Å²) in [7, 11) is 0. The maximum absolute atomic E-state index is 13.3. The van der Waals surface area contributed by atoms with Crippen LogP contribution in [-0.4, -0.2) is 62.4 Å². The van der Waals surface area contributed by atoms with Crippen LogP contribution in [0.15, 0.2) is 0 Å². The average Bonchev–Trinajstić information content (AvgIpc) is 3.12. The Labute approximate surface area is 164 Å². The van der Waals surface area contributed by atoms with Gasteiger partial charge in [0.1, 0.15) is 0 Å². The summed E-state index contributed by atoms with van der Waals surface area (Å²) in [6.07, 6.45) is 10.9. The van der Waals surface area contributed by atoms with Crippen LogP contribution in [0, 0.1) is 11.3 Å². The van der Waals surface area contributed by atoms with Crippen LogP contribution in [0.1, 0.15) is 57.8 Å². The van der Waals surface area contributed by atoms with E-state index < -0.39 is 0 Å². The van der Waals surface area contributed by atoms with E-state index in [0.717, 1.165) is 65.1 Å². The Morgan fingerprint density at radius 2 is 1.92 bits per heavy atom. The molecule has 3 saturated heterocycles. The van der Waals surface area contributed by atoms with Crippen molar-refractivity contribution < 1.29 is 14.3 Å². The number of carbonyl (C=O) groups excluding carboxylic acids is 1. The number of nitrogens with zero attached hydrogens (tertiary/aromatic N) is 1. The minimum atomic E-state index is -0.0954. The highest BCUT2D eigenvalue weighted by Gasteiger charge is 2.51. The van der Waals surface area contributed by atoms with Crippen molar-refractivity contribution in [2.45, 2.75) is 70.0 Å². The first-order valence-electron chi connectivity index (χ1n) is 10.5. The van der Waals surface area contributed by atoms with E-state index in [9.17, 15) is 4.79 Å². The van der Waals surface area contributed by atoms with Crippen LogP contribution in [0.2, 0.25) is 0 Å². The molecule has 0 aromatic carbocycles. The molecule has 0 spiro atoms. The first kappa shape index (κ1) is 20.4. The first-order valence-corrected chi connectivity index (χ1v) is 10.5. The summed E-state index contributed by atoms with van der Waals surface area (Å²) < 4.78 is 11.9. The quantitative estimate of drug-likeness (QED) is 0.807. The summed E-state index contributed by atoms with van der Waals surface area (Å²) in [6.45, 7) is 5.28. The average molecular weight is 387 g/mol. The summed E-state index contributed by atoms with van der Waals surface area (Å²) in [5.41, 5.74) is -0.0954. The van der Waals surface area contributed by atoms with Gasteiger partial charge in [-0.2, -0.15) is 0 Å². The van der Waals surface area contributed by atoms with Crippen LogP contribution >= 0.6 is 12.4 Å². The SMILES string of the molecule is Cl.O=C(N1CCC(OCC2CCCCO2)CC1)[C@@]12CCCC[C@H]1CNC2. The summed E-state index contributed by atoms with van der Waals surface area (Å²) in [5.74, 6) is 0.988. The molecule has 3 aliphatic heterocycles. The fourth-order valence-electron chi connectivity index (χ4n) is 5.39. The molecular formula is C20H35ClN2O3. The summed E-state index contributed by atoms with van der Waals surface area (Å²) >= 11 is 0. The zero-order valence-corrected chi connectivity index (χ0v) is 16.7.